The number of nitrogen functional groups attached to an aromatic ring is 1. The number of aliphatic hydroxyl groups excluding tert-OH is 1. The van der Waals surface area contributed by atoms with Crippen LogP contribution in [-0.4, -0.2) is 5.11 Å². The van der Waals surface area contributed by atoms with Crippen LogP contribution in [0.3, 0.4) is 0 Å². The normalized spacial score (nSPS) is 12.5. The van der Waals surface area contributed by atoms with Crippen LogP contribution < -0.4 is 5.73 Å². The summed E-state index contributed by atoms with van der Waals surface area (Å²) >= 11 is 0. The van der Waals surface area contributed by atoms with Gasteiger partial charge in [-0.3, -0.25) is 0 Å². The first-order chi connectivity index (χ1) is 9.68. The molecule has 0 fully saturated rings. The van der Waals surface area contributed by atoms with Crippen molar-refractivity contribution < 1.29 is 5.11 Å². The molecule has 2 nitrogen and oxygen atoms in total. The van der Waals surface area contributed by atoms with Crippen molar-refractivity contribution >= 4 is 16.5 Å². The molecule has 0 radical (unpaired) electrons. The maximum absolute atomic E-state index is 10.7. The topological polar surface area (TPSA) is 46.2 Å². The molecule has 0 heterocycles. The smallest absolute Gasteiger partial charge is 0.105 e. The van der Waals surface area contributed by atoms with Gasteiger partial charge in [-0.1, -0.05) is 54.6 Å². The molecule has 3 N–H and O–H groups in total. The van der Waals surface area contributed by atoms with E-state index in [0.29, 0.717) is 5.69 Å². The number of hydrogen-bond donors (Lipinski definition) is 2. The Morgan fingerprint density at radius 3 is 2.35 bits per heavy atom. The van der Waals surface area contributed by atoms with E-state index < -0.39 is 6.10 Å². The molecular weight excluding hydrogens is 246 g/mol. The van der Waals surface area contributed by atoms with Gasteiger partial charge in [0.15, 0.2) is 0 Å². The van der Waals surface area contributed by atoms with Crippen molar-refractivity contribution in [3.05, 3.63) is 77.4 Å². The van der Waals surface area contributed by atoms with Crippen LogP contribution in [0.5, 0.6) is 0 Å². The highest BCUT2D eigenvalue weighted by Crippen LogP contribution is 2.31. The molecule has 0 unspecified atom stereocenters. The lowest BCUT2D eigenvalue weighted by Gasteiger charge is -2.17. The molecule has 100 valence electrons. The summed E-state index contributed by atoms with van der Waals surface area (Å²) in [5.41, 5.74) is 9.36. The van der Waals surface area contributed by atoms with E-state index in [4.69, 9.17) is 5.73 Å². The van der Waals surface area contributed by atoms with Crippen molar-refractivity contribution in [1.82, 2.24) is 0 Å². The third-order valence-corrected chi connectivity index (χ3v) is 3.83. The maximum atomic E-state index is 10.7. The Balaban J connectivity index is 2.18. The predicted octanol–water partition coefficient (Wildman–Crippen LogP) is 3.81. The average molecular weight is 263 g/mol. The molecule has 3 aromatic carbocycles. The first-order valence-electron chi connectivity index (χ1n) is 6.69. The quantitative estimate of drug-likeness (QED) is 0.691. The Kier molecular flexibility index (Phi) is 3.17. The predicted molar refractivity (Wildman–Crippen MR) is 83.6 cm³/mol. The molecule has 0 aromatic heterocycles. The zero-order valence-corrected chi connectivity index (χ0v) is 11.4. The van der Waals surface area contributed by atoms with Gasteiger partial charge in [-0.15, -0.1) is 0 Å². The fourth-order valence-corrected chi connectivity index (χ4v) is 2.62. The highest BCUT2D eigenvalue weighted by Gasteiger charge is 2.16. The van der Waals surface area contributed by atoms with E-state index in [1.54, 1.807) is 0 Å². The monoisotopic (exact) mass is 263 g/mol. The van der Waals surface area contributed by atoms with Gasteiger partial charge in [0.2, 0.25) is 0 Å². The summed E-state index contributed by atoms with van der Waals surface area (Å²) in [5.74, 6) is 0. The second-order valence-electron chi connectivity index (χ2n) is 5.03. The highest BCUT2D eigenvalue weighted by molar-refractivity contribution is 5.86. The van der Waals surface area contributed by atoms with Gasteiger partial charge in [-0.25, -0.2) is 0 Å². The first-order valence-corrected chi connectivity index (χ1v) is 6.69. The van der Waals surface area contributed by atoms with E-state index >= 15 is 0 Å². The summed E-state index contributed by atoms with van der Waals surface area (Å²) < 4.78 is 0. The zero-order chi connectivity index (χ0) is 14.1. The Bertz CT molecular complexity index is 759. The number of fused-ring (bicyclic) bond motifs is 1. The van der Waals surface area contributed by atoms with Crippen molar-refractivity contribution in [2.45, 2.75) is 13.0 Å². The molecule has 3 rings (SSSR count). The molecule has 0 aliphatic carbocycles. The van der Waals surface area contributed by atoms with Crippen LogP contribution in [0.2, 0.25) is 0 Å². The number of hydrogen-bond acceptors (Lipinski definition) is 2. The summed E-state index contributed by atoms with van der Waals surface area (Å²) in [6, 6.07) is 19.7. The number of nitrogens with two attached hydrogens (primary N) is 1. The number of benzene rings is 3. The van der Waals surface area contributed by atoms with Gasteiger partial charge in [-0.2, -0.15) is 0 Å². The summed E-state index contributed by atoms with van der Waals surface area (Å²) in [6.45, 7) is 1.94. The maximum Gasteiger partial charge on any atom is 0.105 e. The molecule has 0 bridgehead atoms. The standard InChI is InChI=1S/C18H17NO/c1-12-14(9-5-11-17(12)19)18(20)16-10-4-7-13-6-2-3-8-15(13)16/h2-11,18,20H,19H2,1H3/t18-/m0/s1. The SMILES string of the molecule is Cc1c(N)cccc1[C@H](O)c1cccc2ccccc12. The Hall–Kier alpha value is -2.32. The second-order valence-corrected chi connectivity index (χ2v) is 5.03. The van der Waals surface area contributed by atoms with E-state index in [-0.39, 0.29) is 0 Å². The fourth-order valence-electron chi connectivity index (χ4n) is 2.62. The average Bonchev–Trinajstić information content (AvgIpc) is 2.49. The third-order valence-electron chi connectivity index (χ3n) is 3.83. The molecule has 2 heteroatoms. The van der Waals surface area contributed by atoms with Gasteiger partial charge < -0.3 is 10.8 Å². The van der Waals surface area contributed by atoms with Crippen molar-refractivity contribution in [2.24, 2.45) is 0 Å². The second kappa shape index (κ2) is 4.99. The number of aliphatic hydroxyl groups is 1. The van der Waals surface area contributed by atoms with E-state index in [1.165, 1.54) is 0 Å². The molecule has 0 spiro atoms. The largest absolute Gasteiger partial charge is 0.399 e. The van der Waals surface area contributed by atoms with Gasteiger partial charge >= 0.3 is 0 Å². The van der Waals surface area contributed by atoms with Crippen LogP contribution in [0.1, 0.15) is 22.8 Å². The number of anilines is 1. The lowest BCUT2D eigenvalue weighted by atomic mass is 9.93. The van der Waals surface area contributed by atoms with Crippen molar-refractivity contribution in [2.75, 3.05) is 5.73 Å². The Morgan fingerprint density at radius 2 is 1.50 bits per heavy atom. The molecular formula is C18H17NO. The first kappa shape index (κ1) is 12.7. The lowest BCUT2D eigenvalue weighted by molar-refractivity contribution is 0.221. The van der Waals surface area contributed by atoms with Crippen LogP contribution >= 0.6 is 0 Å². The third kappa shape index (κ3) is 2.04. The Morgan fingerprint density at radius 1 is 0.850 bits per heavy atom. The molecule has 1 atom stereocenters. The molecule has 0 saturated heterocycles. The summed E-state index contributed by atoms with van der Waals surface area (Å²) in [6.07, 6.45) is -0.662. The van der Waals surface area contributed by atoms with Gasteiger partial charge in [0.1, 0.15) is 6.10 Å². The molecule has 3 aromatic rings. The van der Waals surface area contributed by atoms with E-state index in [9.17, 15) is 5.11 Å². The summed E-state index contributed by atoms with van der Waals surface area (Å²) in [5, 5.41) is 12.9. The minimum Gasteiger partial charge on any atom is -0.399 e. The van der Waals surface area contributed by atoms with Gasteiger partial charge in [0, 0.05) is 5.69 Å². The molecule has 0 aliphatic heterocycles. The van der Waals surface area contributed by atoms with E-state index in [0.717, 1.165) is 27.5 Å². The van der Waals surface area contributed by atoms with Gasteiger partial charge in [-0.05, 0) is 40.5 Å². The van der Waals surface area contributed by atoms with Crippen molar-refractivity contribution in [3.63, 3.8) is 0 Å². The van der Waals surface area contributed by atoms with Gasteiger partial charge in [0.05, 0.1) is 0 Å². The van der Waals surface area contributed by atoms with Crippen molar-refractivity contribution in [1.29, 1.82) is 0 Å². The van der Waals surface area contributed by atoms with Crippen LogP contribution in [0.4, 0.5) is 5.69 Å². The fraction of sp³-hybridized carbons (Fsp3) is 0.111. The van der Waals surface area contributed by atoms with Crippen LogP contribution in [0.15, 0.2) is 60.7 Å². The van der Waals surface area contributed by atoms with Gasteiger partial charge in [0.25, 0.3) is 0 Å². The van der Waals surface area contributed by atoms with Crippen LogP contribution in [0.25, 0.3) is 10.8 Å². The van der Waals surface area contributed by atoms with Crippen LogP contribution in [-0.2, 0) is 0 Å². The highest BCUT2D eigenvalue weighted by atomic mass is 16.3. The molecule has 20 heavy (non-hydrogen) atoms. The molecule has 0 saturated carbocycles. The van der Waals surface area contributed by atoms with Crippen molar-refractivity contribution in [3.8, 4) is 0 Å². The molecule has 0 amide bonds. The van der Waals surface area contributed by atoms with Crippen LogP contribution in [0, 0.1) is 6.92 Å². The summed E-state index contributed by atoms with van der Waals surface area (Å²) in [7, 11) is 0. The number of rotatable bonds is 2. The minimum absolute atomic E-state index is 0.662. The lowest BCUT2D eigenvalue weighted by Crippen LogP contribution is -2.04. The van der Waals surface area contributed by atoms with E-state index in [2.05, 4.69) is 12.1 Å². The minimum atomic E-state index is -0.662. The summed E-state index contributed by atoms with van der Waals surface area (Å²) in [4.78, 5) is 0. The molecule has 0 aliphatic rings. The van der Waals surface area contributed by atoms with E-state index in [1.807, 2.05) is 55.5 Å². The Labute approximate surface area is 118 Å². The zero-order valence-electron chi connectivity index (χ0n) is 11.4.